The molecule has 0 amide bonds. The monoisotopic (exact) mass is 247 g/mol. The second-order valence-electron chi connectivity index (χ2n) is 3.53. The first kappa shape index (κ1) is 12.8. The van der Waals surface area contributed by atoms with Crippen LogP contribution in [0.25, 0.3) is 0 Å². The van der Waals surface area contributed by atoms with Crippen LogP contribution in [0.4, 0.5) is 0 Å². The molecule has 0 saturated carbocycles. The zero-order valence-electron chi connectivity index (χ0n) is 8.63. The molecule has 2 N–H and O–H groups in total. The average Bonchev–Trinajstić information content (AvgIpc) is 2.17. The Hall–Kier alpha value is -0.280. The number of hydrogen-bond acceptors (Lipinski definition) is 2. The summed E-state index contributed by atoms with van der Waals surface area (Å²) in [5.41, 5.74) is 1.02. The van der Waals surface area contributed by atoms with Crippen molar-refractivity contribution in [3.05, 3.63) is 33.8 Å². The number of benzene rings is 1. The van der Waals surface area contributed by atoms with Crippen molar-refractivity contribution in [1.82, 2.24) is 5.32 Å². The molecular formula is C11H15Cl2NO. The Kier molecular flexibility index (Phi) is 5.40. The summed E-state index contributed by atoms with van der Waals surface area (Å²) >= 11 is 11.8. The number of halogens is 2. The second-order valence-corrected chi connectivity index (χ2v) is 4.37. The van der Waals surface area contributed by atoms with Crippen molar-refractivity contribution < 1.29 is 5.11 Å². The molecule has 84 valence electrons. The zero-order chi connectivity index (χ0) is 11.3. The van der Waals surface area contributed by atoms with Crippen LogP contribution in [-0.2, 0) is 6.54 Å². The van der Waals surface area contributed by atoms with Gasteiger partial charge in [0.05, 0.1) is 0 Å². The molecule has 15 heavy (non-hydrogen) atoms. The highest BCUT2D eigenvalue weighted by atomic mass is 35.5. The fourth-order valence-electron chi connectivity index (χ4n) is 1.24. The first-order chi connectivity index (χ1) is 7.13. The number of rotatable bonds is 5. The van der Waals surface area contributed by atoms with Gasteiger partial charge >= 0.3 is 0 Å². The Morgan fingerprint density at radius 2 is 2.13 bits per heavy atom. The van der Waals surface area contributed by atoms with E-state index in [-0.39, 0.29) is 12.6 Å². The highest BCUT2D eigenvalue weighted by molar-refractivity contribution is 6.35. The lowest BCUT2D eigenvalue weighted by molar-refractivity contribution is 0.268. The standard InChI is InChI=1S/C11H15Cl2NO/c1-8(4-5-15)14-7-9-2-3-10(12)6-11(9)13/h2-3,6,8,14-15H,4-5,7H2,1H3. The molecule has 0 aliphatic rings. The molecule has 0 saturated heterocycles. The van der Waals surface area contributed by atoms with E-state index in [0.29, 0.717) is 16.6 Å². The van der Waals surface area contributed by atoms with Gasteiger partial charge in [-0.25, -0.2) is 0 Å². The SMILES string of the molecule is CC(CCO)NCc1ccc(Cl)cc1Cl. The minimum absolute atomic E-state index is 0.197. The van der Waals surface area contributed by atoms with Crippen LogP contribution in [0.15, 0.2) is 18.2 Å². The van der Waals surface area contributed by atoms with Crippen molar-refractivity contribution >= 4 is 23.2 Å². The van der Waals surface area contributed by atoms with Crippen molar-refractivity contribution in [1.29, 1.82) is 0 Å². The maximum Gasteiger partial charge on any atom is 0.0465 e. The third-order valence-corrected chi connectivity index (χ3v) is 2.81. The molecule has 0 bridgehead atoms. The fraction of sp³-hybridized carbons (Fsp3) is 0.455. The van der Waals surface area contributed by atoms with Crippen LogP contribution in [0, 0.1) is 0 Å². The molecule has 0 aliphatic carbocycles. The third kappa shape index (κ3) is 4.39. The van der Waals surface area contributed by atoms with E-state index in [1.165, 1.54) is 0 Å². The normalized spacial score (nSPS) is 12.8. The summed E-state index contributed by atoms with van der Waals surface area (Å²) in [7, 11) is 0. The molecule has 0 spiro atoms. The van der Waals surface area contributed by atoms with Gasteiger partial charge in [-0.05, 0) is 31.0 Å². The molecule has 0 aliphatic heterocycles. The van der Waals surface area contributed by atoms with E-state index in [2.05, 4.69) is 5.32 Å². The van der Waals surface area contributed by atoms with E-state index in [1.807, 2.05) is 19.1 Å². The quantitative estimate of drug-likeness (QED) is 0.839. The summed E-state index contributed by atoms with van der Waals surface area (Å²) in [5, 5.41) is 13.3. The van der Waals surface area contributed by atoms with Gasteiger partial charge in [0.15, 0.2) is 0 Å². The molecule has 0 heterocycles. The van der Waals surface area contributed by atoms with E-state index < -0.39 is 0 Å². The van der Waals surface area contributed by atoms with Gasteiger partial charge in [0.1, 0.15) is 0 Å². The van der Waals surface area contributed by atoms with Crippen LogP contribution in [0.5, 0.6) is 0 Å². The van der Waals surface area contributed by atoms with Crippen LogP contribution >= 0.6 is 23.2 Å². The molecule has 0 fully saturated rings. The Morgan fingerprint density at radius 1 is 1.40 bits per heavy atom. The molecule has 0 radical (unpaired) electrons. The molecule has 1 aromatic carbocycles. The summed E-state index contributed by atoms with van der Waals surface area (Å²) < 4.78 is 0. The van der Waals surface area contributed by atoms with E-state index >= 15 is 0 Å². The molecule has 1 aromatic rings. The van der Waals surface area contributed by atoms with E-state index in [0.717, 1.165) is 12.0 Å². The Bertz CT molecular complexity index is 317. The smallest absolute Gasteiger partial charge is 0.0465 e. The first-order valence-corrected chi connectivity index (χ1v) is 5.67. The molecule has 1 rings (SSSR count). The van der Waals surface area contributed by atoms with Crippen molar-refractivity contribution in [2.75, 3.05) is 6.61 Å². The number of aliphatic hydroxyl groups excluding tert-OH is 1. The number of aliphatic hydroxyl groups is 1. The molecule has 2 nitrogen and oxygen atoms in total. The lowest BCUT2D eigenvalue weighted by atomic mass is 10.2. The summed E-state index contributed by atoms with van der Waals surface area (Å²) in [6.07, 6.45) is 0.741. The van der Waals surface area contributed by atoms with Crippen LogP contribution in [-0.4, -0.2) is 17.8 Å². The highest BCUT2D eigenvalue weighted by Crippen LogP contribution is 2.20. The lowest BCUT2D eigenvalue weighted by Crippen LogP contribution is -2.26. The van der Waals surface area contributed by atoms with Crippen LogP contribution < -0.4 is 5.32 Å². The minimum atomic E-state index is 0.197. The molecule has 4 heteroatoms. The fourth-order valence-corrected chi connectivity index (χ4v) is 1.72. The average molecular weight is 248 g/mol. The van der Waals surface area contributed by atoms with Gasteiger partial charge in [-0.3, -0.25) is 0 Å². The van der Waals surface area contributed by atoms with Gasteiger partial charge < -0.3 is 10.4 Å². The van der Waals surface area contributed by atoms with Crippen molar-refractivity contribution in [3.63, 3.8) is 0 Å². The first-order valence-electron chi connectivity index (χ1n) is 4.91. The van der Waals surface area contributed by atoms with Crippen LogP contribution in [0.1, 0.15) is 18.9 Å². The molecule has 0 aromatic heterocycles. The maximum atomic E-state index is 8.74. The number of hydrogen-bond donors (Lipinski definition) is 2. The van der Waals surface area contributed by atoms with Gasteiger partial charge in [-0.2, -0.15) is 0 Å². The van der Waals surface area contributed by atoms with Crippen LogP contribution in [0.2, 0.25) is 10.0 Å². The summed E-state index contributed by atoms with van der Waals surface area (Å²) in [5.74, 6) is 0. The van der Waals surface area contributed by atoms with Crippen molar-refractivity contribution in [3.8, 4) is 0 Å². The van der Waals surface area contributed by atoms with E-state index in [9.17, 15) is 0 Å². The Labute approximate surface area is 100 Å². The molecular weight excluding hydrogens is 233 g/mol. The maximum absolute atomic E-state index is 8.74. The van der Waals surface area contributed by atoms with Gasteiger partial charge in [0.2, 0.25) is 0 Å². The zero-order valence-corrected chi connectivity index (χ0v) is 10.1. The summed E-state index contributed by atoms with van der Waals surface area (Å²) in [6, 6.07) is 5.74. The number of nitrogens with one attached hydrogen (secondary N) is 1. The van der Waals surface area contributed by atoms with Gasteiger partial charge in [0, 0.05) is 29.2 Å². The topological polar surface area (TPSA) is 32.3 Å². The van der Waals surface area contributed by atoms with Gasteiger partial charge in [-0.15, -0.1) is 0 Å². The van der Waals surface area contributed by atoms with Gasteiger partial charge in [0.25, 0.3) is 0 Å². The third-order valence-electron chi connectivity index (χ3n) is 2.22. The Balaban J connectivity index is 2.50. The lowest BCUT2D eigenvalue weighted by Gasteiger charge is -2.13. The van der Waals surface area contributed by atoms with E-state index in [4.69, 9.17) is 28.3 Å². The highest BCUT2D eigenvalue weighted by Gasteiger charge is 2.04. The molecule has 1 atom stereocenters. The van der Waals surface area contributed by atoms with Gasteiger partial charge in [-0.1, -0.05) is 29.3 Å². The summed E-state index contributed by atoms with van der Waals surface area (Å²) in [6.45, 7) is 2.92. The van der Waals surface area contributed by atoms with Crippen molar-refractivity contribution in [2.45, 2.75) is 25.9 Å². The predicted molar refractivity (Wildman–Crippen MR) is 64.5 cm³/mol. The van der Waals surface area contributed by atoms with E-state index in [1.54, 1.807) is 6.07 Å². The molecule has 1 unspecified atom stereocenters. The van der Waals surface area contributed by atoms with Crippen molar-refractivity contribution in [2.24, 2.45) is 0 Å². The Morgan fingerprint density at radius 3 is 2.73 bits per heavy atom. The van der Waals surface area contributed by atoms with Crippen LogP contribution in [0.3, 0.4) is 0 Å². The largest absolute Gasteiger partial charge is 0.396 e. The predicted octanol–water partition coefficient (Wildman–Crippen LogP) is 2.85. The summed E-state index contributed by atoms with van der Waals surface area (Å²) in [4.78, 5) is 0. The second kappa shape index (κ2) is 6.33. The minimum Gasteiger partial charge on any atom is -0.396 e.